The molecule has 0 N–H and O–H groups in total. The SMILES string of the molecule is c1ccc(-c2ccc(N(c3cccc4c3oc3ccccc34)c3cc(-n4c5ccccc5c5cc(-c6ccccc6)ccc54)cc4c3oc3ccccc34)cc2)cc1. The molecule has 12 aromatic rings. The van der Waals surface area contributed by atoms with E-state index in [9.17, 15) is 0 Å². The smallest absolute Gasteiger partial charge is 0.159 e. The van der Waals surface area contributed by atoms with Crippen molar-refractivity contribution in [3.05, 3.63) is 206 Å². The minimum atomic E-state index is 0.803. The Balaban J connectivity index is 1.17. The Morgan fingerprint density at radius 2 is 0.862 bits per heavy atom. The van der Waals surface area contributed by atoms with Crippen LogP contribution in [0.25, 0.3) is 93.6 Å². The van der Waals surface area contributed by atoms with Crippen LogP contribution in [0.15, 0.2) is 215 Å². The van der Waals surface area contributed by atoms with E-state index in [-0.39, 0.29) is 0 Å². The van der Waals surface area contributed by atoms with Gasteiger partial charge in [0, 0.05) is 43.7 Å². The number of anilines is 3. The molecule has 0 aliphatic rings. The van der Waals surface area contributed by atoms with Gasteiger partial charge in [-0.2, -0.15) is 0 Å². The van der Waals surface area contributed by atoms with Crippen LogP contribution in [0.3, 0.4) is 0 Å². The van der Waals surface area contributed by atoms with Gasteiger partial charge in [-0.3, -0.25) is 0 Å². The summed E-state index contributed by atoms with van der Waals surface area (Å²) in [6.45, 7) is 0. The molecule has 0 aliphatic heterocycles. The summed E-state index contributed by atoms with van der Waals surface area (Å²) < 4.78 is 16.1. The van der Waals surface area contributed by atoms with Gasteiger partial charge in [-0.15, -0.1) is 0 Å². The van der Waals surface area contributed by atoms with Gasteiger partial charge in [-0.05, 0) is 82.9 Å². The molecule has 58 heavy (non-hydrogen) atoms. The van der Waals surface area contributed by atoms with Crippen LogP contribution in [0.2, 0.25) is 0 Å². The van der Waals surface area contributed by atoms with Crippen LogP contribution in [0.4, 0.5) is 17.1 Å². The maximum atomic E-state index is 6.90. The van der Waals surface area contributed by atoms with Crippen LogP contribution < -0.4 is 4.90 Å². The van der Waals surface area contributed by atoms with Crippen molar-refractivity contribution in [1.29, 1.82) is 0 Å². The van der Waals surface area contributed by atoms with Crippen LogP contribution >= 0.6 is 0 Å². The molecule has 272 valence electrons. The second-order valence-electron chi connectivity index (χ2n) is 14.9. The largest absolute Gasteiger partial charge is 0.454 e. The van der Waals surface area contributed by atoms with Crippen molar-refractivity contribution >= 4 is 82.7 Å². The third kappa shape index (κ3) is 5.02. The fourth-order valence-corrected chi connectivity index (χ4v) is 8.90. The first kappa shape index (κ1) is 32.4. The Labute approximate surface area is 334 Å². The molecule has 0 fully saturated rings. The van der Waals surface area contributed by atoms with Gasteiger partial charge in [-0.1, -0.05) is 146 Å². The molecule has 0 aliphatic carbocycles. The number of hydrogen-bond acceptors (Lipinski definition) is 3. The highest BCUT2D eigenvalue weighted by molar-refractivity contribution is 6.16. The van der Waals surface area contributed by atoms with Gasteiger partial charge in [-0.25, -0.2) is 0 Å². The highest BCUT2D eigenvalue weighted by atomic mass is 16.3. The minimum Gasteiger partial charge on any atom is -0.454 e. The predicted octanol–water partition coefficient (Wildman–Crippen LogP) is 15.4. The molecular formula is C54H34N2O2. The summed E-state index contributed by atoms with van der Waals surface area (Å²) in [5, 5.41) is 6.66. The van der Waals surface area contributed by atoms with Gasteiger partial charge in [0.1, 0.15) is 11.2 Å². The van der Waals surface area contributed by atoms with Gasteiger partial charge >= 0.3 is 0 Å². The summed E-state index contributed by atoms with van der Waals surface area (Å²) in [6, 6.07) is 73.1. The van der Waals surface area contributed by atoms with Crippen LogP contribution in [0, 0.1) is 0 Å². The van der Waals surface area contributed by atoms with E-state index in [4.69, 9.17) is 8.83 Å². The van der Waals surface area contributed by atoms with Crippen molar-refractivity contribution in [2.75, 3.05) is 4.90 Å². The van der Waals surface area contributed by atoms with E-state index in [1.54, 1.807) is 0 Å². The molecule has 0 spiro atoms. The zero-order valence-corrected chi connectivity index (χ0v) is 31.3. The van der Waals surface area contributed by atoms with E-state index >= 15 is 0 Å². The topological polar surface area (TPSA) is 34.5 Å². The highest BCUT2D eigenvalue weighted by Gasteiger charge is 2.25. The molecule has 3 heterocycles. The number of aromatic nitrogens is 1. The lowest BCUT2D eigenvalue weighted by atomic mass is 10.0. The number of nitrogens with zero attached hydrogens (tertiary/aromatic N) is 2. The number of benzene rings is 9. The van der Waals surface area contributed by atoms with Crippen molar-refractivity contribution in [1.82, 2.24) is 4.57 Å². The Hall–Kier alpha value is -7.82. The van der Waals surface area contributed by atoms with Gasteiger partial charge in [0.2, 0.25) is 0 Å². The number of furan rings is 2. The van der Waals surface area contributed by atoms with E-state index in [1.807, 2.05) is 18.2 Å². The first-order chi connectivity index (χ1) is 28.8. The third-order valence-corrected chi connectivity index (χ3v) is 11.6. The Morgan fingerprint density at radius 3 is 1.59 bits per heavy atom. The van der Waals surface area contributed by atoms with Crippen molar-refractivity contribution in [3.8, 4) is 27.9 Å². The molecule has 0 amide bonds. The predicted molar refractivity (Wildman–Crippen MR) is 241 cm³/mol. The van der Waals surface area contributed by atoms with Gasteiger partial charge in [0.25, 0.3) is 0 Å². The van der Waals surface area contributed by atoms with E-state index in [0.717, 1.165) is 83.2 Å². The maximum Gasteiger partial charge on any atom is 0.159 e. The molecule has 3 aromatic heterocycles. The number of rotatable bonds is 6. The minimum absolute atomic E-state index is 0.803. The Morgan fingerprint density at radius 1 is 0.328 bits per heavy atom. The summed E-state index contributed by atoms with van der Waals surface area (Å²) in [6.07, 6.45) is 0. The average molecular weight is 743 g/mol. The van der Waals surface area contributed by atoms with Crippen molar-refractivity contribution < 1.29 is 8.83 Å². The molecule has 4 nitrogen and oxygen atoms in total. The molecule has 0 saturated heterocycles. The van der Waals surface area contributed by atoms with Crippen molar-refractivity contribution in [3.63, 3.8) is 0 Å². The van der Waals surface area contributed by atoms with E-state index in [1.165, 1.54) is 27.5 Å². The lowest BCUT2D eigenvalue weighted by Crippen LogP contribution is -2.11. The number of hydrogen-bond donors (Lipinski definition) is 0. The zero-order chi connectivity index (χ0) is 38.2. The van der Waals surface area contributed by atoms with E-state index < -0.39 is 0 Å². The molecule has 0 unspecified atom stereocenters. The normalized spacial score (nSPS) is 11.8. The van der Waals surface area contributed by atoms with Crippen molar-refractivity contribution in [2.24, 2.45) is 0 Å². The second-order valence-corrected chi connectivity index (χ2v) is 14.9. The molecule has 0 saturated carbocycles. The van der Waals surface area contributed by atoms with Crippen LogP contribution in [-0.4, -0.2) is 4.57 Å². The zero-order valence-electron chi connectivity index (χ0n) is 31.3. The lowest BCUT2D eigenvalue weighted by Gasteiger charge is -2.26. The fourth-order valence-electron chi connectivity index (χ4n) is 8.90. The fraction of sp³-hybridized carbons (Fsp3) is 0. The molecule has 9 aromatic carbocycles. The summed E-state index contributed by atoms with van der Waals surface area (Å²) in [4.78, 5) is 2.31. The van der Waals surface area contributed by atoms with Gasteiger partial charge in [0.15, 0.2) is 11.2 Å². The molecule has 4 heteroatoms. The summed E-state index contributed by atoms with van der Waals surface area (Å²) in [5.74, 6) is 0. The second kappa shape index (κ2) is 12.9. The van der Waals surface area contributed by atoms with Crippen LogP contribution in [0.1, 0.15) is 0 Å². The monoisotopic (exact) mass is 742 g/mol. The van der Waals surface area contributed by atoms with Crippen molar-refractivity contribution in [2.45, 2.75) is 0 Å². The summed E-state index contributed by atoms with van der Waals surface area (Å²) >= 11 is 0. The Kier molecular flexibility index (Phi) is 7.20. The Bertz CT molecular complexity index is 3500. The molecular weight excluding hydrogens is 709 g/mol. The first-order valence-electron chi connectivity index (χ1n) is 19.7. The lowest BCUT2D eigenvalue weighted by molar-refractivity contribution is 0.666. The highest BCUT2D eigenvalue weighted by Crippen LogP contribution is 2.48. The standard InChI is InChI=1S/C54H34N2O2/c1-3-14-35(15-4-1)37-26-29-39(30-27-37)55(49-23-13-21-44-42-19-8-11-24-51(42)57-53(44)49)50-34-40(33-46-43-20-9-12-25-52(43)58-54(46)50)56-47-22-10-7-18-41(47)45-32-38(28-31-48(45)56)36-16-5-2-6-17-36/h1-34H. The van der Waals surface area contributed by atoms with E-state index in [0.29, 0.717) is 0 Å². The summed E-state index contributed by atoms with van der Waals surface area (Å²) in [5.41, 5.74) is 14.2. The average Bonchev–Trinajstić information content (AvgIpc) is 3.97. The number of para-hydroxylation sites is 4. The van der Waals surface area contributed by atoms with Crippen LogP contribution in [-0.2, 0) is 0 Å². The van der Waals surface area contributed by atoms with Gasteiger partial charge in [0.05, 0.1) is 22.4 Å². The maximum absolute atomic E-state index is 6.90. The first-order valence-corrected chi connectivity index (χ1v) is 19.7. The molecule has 0 bridgehead atoms. The quantitative estimate of drug-likeness (QED) is 0.170. The molecule has 12 rings (SSSR count). The third-order valence-electron chi connectivity index (χ3n) is 11.6. The number of fused-ring (bicyclic) bond motifs is 9. The molecule has 0 radical (unpaired) electrons. The van der Waals surface area contributed by atoms with Crippen LogP contribution in [0.5, 0.6) is 0 Å². The van der Waals surface area contributed by atoms with Gasteiger partial charge < -0.3 is 18.3 Å². The summed E-state index contributed by atoms with van der Waals surface area (Å²) in [7, 11) is 0. The van der Waals surface area contributed by atoms with E-state index in [2.05, 4.69) is 198 Å². The molecule has 0 atom stereocenters.